The molecule has 0 radical (unpaired) electrons. The topological polar surface area (TPSA) is 80.2 Å². The van der Waals surface area contributed by atoms with Crippen LogP contribution in [0.25, 0.3) is 0 Å². The van der Waals surface area contributed by atoms with Crippen molar-refractivity contribution in [3.63, 3.8) is 0 Å². The molecule has 1 aliphatic rings. The van der Waals surface area contributed by atoms with Crippen molar-refractivity contribution in [2.24, 2.45) is 10.4 Å². The van der Waals surface area contributed by atoms with Crippen molar-refractivity contribution in [2.45, 2.75) is 20.8 Å². The fourth-order valence-electron chi connectivity index (χ4n) is 2.84. The average Bonchev–Trinajstić information content (AvgIpc) is 2.61. The molecule has 1 amide bonds. The van der Waals surface area contributed by atoms with E-state index in [1.54, 1.807) is 13.1 Å². The van der Waals surface area contributed by atoms with Gasteiger partial charge in [0.2, 0.25) is 5.91 Å². The fraction of sp³-hybridized carbons (Fsp3) is 0.579. The maximum Gasteiger partial charge on any atom is 0.225 e. The van der Waals surface area contributed by atoms with E-state index in [4.69, 9.17) is 0 Å². The number of para-hydroxylation sites is 2. The molecule has 0 unspecified atom stereocenters. The standard InChI is InChI=1S/C19H31N5O2/c1-19(2,3)17(26)21-9-10-22-18(20-4)24-13-11-23(12-14-24)15-7-5-6-8-16(15)25/h5-8,25H,9-14H2,1-4H3,(H,20,22)(H,21,26). The maximum atomic E-state index is 11.9. The summed E-state index contributed by atoms with van der Waals surface area (Å²) in [6, 6.07) is 7.43. The van der Waals surface area contributed by atoms with Crippen LogP contribution in [0.15, 0.2) is 29.3 Å². The number of anilines is 1. The van der Waals surface area contributed by atoms with E-state index < -0.39 is 0 Å². The second kappa shape index (κ2) is 8.78. The summed E-state index contributed by atoms with van der Waals surface area (Å²) in [6.45, 7) is 10.2. The number of carbonyl (C=O) groups is 1. The number of nitrogens with one attached hydrogen (secondary N) is 2. The van der Waals surface area contributed by atoms with Crippen molar-refractivity contribution < 1.29 is 9.90 Å². The number of phenolic OH excluding ortho intramolecular Hbond substituents is 1. The Morgan fingerprint density at radius 2 is 1.73 bits per heavy atom. The summed E-state index contributed by atoms with van der Waals surface area (Å²) in [6.07, 6.45) is 0. The van der Waals surface area contributed by atoms with Crippen molar-refractivity contribution in [3.8, 4) is 5.75 Å². The highest BCUT2D eigenvalue weighted by Crippen LogP contribution is 2.27. The van der Waals surface area contributed by atoms with Crippen LogP contribution in [0, 0.1) is 5.41 Å². The summed E-state index contributed by atoms with van der Waals surface area (Å²) in [5.74, 6) is 1.20. The highest BCUT2D eigenvalue weighted by molar-refractivity contribution is 5.82. The Hall–Kier alpha value is -2.44. The van der Waals surface area contributed by atoms with E-state index in [2.05, 4.69) is 25.4 Å². The monoisotopic (exact) mass is 361 g/mol. The van der Waals surface area contributed by atoms with Gasteiger partial charge in [-0.1, -0.05) is 32.9 Å². The van der Waals surface area contributed by atoms with Gasteiger partial charge in [0.15, 0.2) is 5.96 Å². The molecule has 0 aliphatic carbocycles. The van der Waals surface area contributed by atoms with Crippen molar-refractivity contribution >= 4 is 17.6 Å². The normalized spacial score (nSPS) is 15.8. The molecule has 26 heavy (non-hydrogen) atoms. The lowest BCUT2D eigenvalue weighted by Crippen LogP contribution is -2.53. The molecule has 1 fully saturated rings. The SMILES string of the molecule is CN=C(NCCNC(=O)C(C)(C)C)N1CCN(c2ccccc2O)CC1. The lowest BCUT2D eigenvalue weighted by Gasteiger charge is -2.37. The molecule has 0 bridgehead atoms. The van der Waals surface area contributed by atoms with Gasteiger partial charge in [-0.15, -0.1) is 0 Å². The number of amides is 1. The van der Waals surface area contributed by atoms with Crippen LogP contribution in [-0.4, -0.2) is 68.2 Å². The van der Waals surface area contributed by atoms with E-state index in [0.717, 1.165) is 37.8 Å². The molecule has 1 aromatic rings. The molecular weight excluding hydrogens is 330 g/mol. The molecule has 0 aromatic heterocycles. The van der Waals surface area contributed by atoms with Crippen LogP contribution in [-0.2, 0) is 4.79 Å². The number of guanidine groups is 1. The summed E-state index contributed by atoms with van der Waals surface area (Å²) in [4.78, 5) is 20.6. The van der Waals surface area contributed by atoms with Crippen molar-refractivity contribution in [2.75, 3.05) is 51.2 Å². The van der Waals surface area contributed by atoms with Gasteiger partial charge in [0.1, 0.15) is 5.75 Å². The average molecular weight is 361 g/mol. The van der Waals surface area contributed by atoms with Gasteiger partial charge >= 0.3 is 0 Å². The molecule has 0 spiro atoms. The number of aliphatic imine (C=N–C) groups is 1. The highest BCUT2D eigenvalue weighted by atomic mass is 16.3. The van der Waals surface area contributed by atoms with E-state index in [9.17, 15) is 9.90 Å². The van der Waals surface area contributed by atoms with E-state index in [-0.39, 0.29) is 11.3 Å². The van der Waals surface area contributed by atoms with E-state index in [1.165, 1.54) is 0 Å². The number of piperazine rings is 1. The smallest absolute Gasteiger partial charge is 0.225 e. The Bertz CT molecular complexity index is 631. The van der Waals surface area contributed by atoms with Crippen LogP contribution >= 0.6 is 0 Å². The molecule has 1 saturated heterocycles. The molecule has 7 heteroatoms. The lowest BCUT2D eigenvalue weighted by atomic mass is 9.96. The van der Waals surface area contributed by atoms with Crippen molar-refractivity contribution in [1.82, 2.24) is 15.5 Å². The van der Waals surface area contributed by atoms with Crippen molar-refractivity contribution in [1.29, 1.82) is 0 Å². The third kappa shape index (κ3) is 5.28. The largest absolute Gasteiger partial charge is 0.506 e. The van der Waals surface area contributed by atoms with Crippen LogP contribution in [0.4, 0.5) is 5.69 Å². The van der Waals surface area contributed by atoms with Crippen LogP contribution in [0.1, 0.15) is 20.8 Å². The maximum absolute atomic E-state index is 11.9. The Morgan fingerprint density at radius 1 is 1.12 bits per heavy atom. The zero-order chi connectivity index (χ0) is 19.2. The number of hydrogen-bond donors (Lipinski definition) is 3. The molecule has 3 N–H and O–H groups in total. The first kappa shape index (κ1) is 19.9. The molecule has 1 aliphatic heterocycles. The zero-order valence-electron chi connectivity index (χ0n) is 16.2. The molecule has 0 atom stereocenters. The van der Waals surface area contributed by atoms with E-state index in [1.807, 2.05) is 39.0 Å². The number of aromatic hydroxyl groups is 1. The van der Waals surface area contributed by atoms with Crippen LogP contribution < -0.4 is 15.5 Å². The molecule has 144 valence electrons. The Kier molecular flexibility index (Phi) is 6.71. The fourth-order valence-corrected chi connectivity index (χ4v) is 2.84. The number of carbonyl (C=O) groups excluding carboxylic acids is 1. The first-order valence-corrected chi connectivity index (χ1v) is 9.10. The van der Waals surface area contributed by atoms with Gasteiger partial charge in [0.05, 0.1) is 5.69 Å². The summed E-state index contributed by atoms with van der Waals surface area (Å²) >= 11 is 0. The van der Waals surface area contributed by atoms with Crippen molar-refractivity contribution in [3.05, 3.63) is 24.3 Å². The van der Waals surface area contributed by atoms with Gasteiger partial charge in [-0.3, -0.25) is 9.79 Å². The van der Waals surface area contributed by atoms with Gasteiger partial charge in [-0.2, -0.15) is 0 Å². The number of benzene rings is 1. The summed E-state index contributed by atoms with van der Waals surface area (Å²) in [5.41, 5.74) is 0.501. The quantitative estimate of drug-likeness (QED) is 0.427. The Labute approximate surface area is 156 Å². The minimum atomic E-state index is -0.374. The number of hydrogen-bond acceptors (Lipinski definition) is 4. The third-order valence-corrected chi connectivity index (χ3v) is 4.39. The lowest BCUT2D eigenvalue weighted by molar-refractivity contribution is -0.128. The first-order valence-electron chi connectivity index (χ1n) is 9.10. The minimum Gasteiger partial charge on any atom is -0.506 e. The molecule has 1 aromatic carbocycles. The molecule has 0 saturated carbocycles. The predicted molar refractivity (Wildman–Crippen MR) is 106 cm³/mol. The van der Waals surface area contributed by atoms with Gasteiger partial charge in [0, 0.05) is 51.7 Å². The summed E-state index contributed by atoms with van der Waals surface area (Å²) in [7, 11) is 1.77. The Morgan fingerprint density at radius 3 is 2.31 bits per heavy atom. The van der Waals surface area contributed by atoms with Gasteiger partial charge in [-0.05, 0) is 12.1 Å². The number of phenols is 1. The summed E-state index contributed by atoms with van der Waals surface area (Å²) < 4.78 is 0. The number of nitrogens with zero attached hydrogens (tertiary/aromatic N) is 3. The van der Waals surface area contributed by atoms with Gasteiger partial charge < -0.3 is 25.5 Å². The van der Waals surface area contributed by atoms with Crippen LogP contribution in [0.3, 0.4) is 0 Å². The molecular formula is C19H31N5O2. The molecule has 7 nitrogen and oxygen atoms in total. The van der Waals surface area contributed by atoms with E-state index >= 15 is 0 Å². The van der Waals surface area contributed by atoms with Gasteiger partial charge in [-0.25, -0.2) is 0 Å². The minimum absolute atomic E-state index is 0.0468. The Balaban J connectivity index is 1.78. The molecule has 2 rings (SSSR count). The van der Waals surface area contributed by atoms with Gasteiger partial charge in [0.25, 0.3) is 0 Å². The third-order valence-electron chi connectivity index (χ3n) is 4.39. The van der Waals surface area contributed by atoms with Crippen LogP contribution in [0.2, 0.25) is 0 Å². The van der Waals surface area contributed by atoms with Crippen LogP contribution in [0.5, 0.6) is 5.75 Å². The zero-order valence-corrected chi connectivity index (χ0v) is 16.2. The number of rotatable bonds is 4. The highest BCUT2D eigenvalue weighted by Gasteiger charge is 2.22. The summed E-state index contributed by atoms with van der Waals surface area (Å²) in [5, 5.41) is 16.2. The predicted octanol–water partition coefficient (Wildman–Crippen LogP) is 1.25. The molecule has 1 heterocycles. The van der Waals surface area contributed by atoms with E-state index in [0.29, 0.717) is 18.8 Å². The second-order valence-corrected chi connectivity index (χ2v) is 7.44. The second-order valence-electron chi connectivity index (χ2n) is 7.44. The first-order chi connectivity index (χ1) is 12.3.